The molecule has 0 aliphatic rings. The van der Waals surface area contributed by atoms with Crippen LogP contribution in [0.4, 0.5) is 0 Å². The Morgan fingerprint density at radius 3 is 2.96 bits per heavy atom. The van der Waals surface area contributed by atoms with Crippen molar-refractivity contribution in [2.75, 3.05) is 6.61 Å². The summed E-state index contributed by atoms with van der Waals surface area (Å²) in [7, 11) is 0. The second-order valence-electron chi connectivity index (χ2n) is 5.91. The summed E-state index contributed by atoms with van der Waals surface area (Å²) < 4.78 is 7.09. The van der Waals surface area contributed by atoms with Crippen LogP contribution < -0.4 is 10.3 Å². The largest absolute Gasteiger partial charge is 0.494 e. The van der Waals surface area contributed by atoms with Gasteiger partial charge in [0.25, 0.3) is 5.56 Å². The lowest BCUT2D eigenvalue weighted by atomic mass is 10.3. The van der Waals surface area contributed by atoms with E-state index in [1.54, 1.807) is 16.7 Å². The first kappa shape index (κ1) is 16.7. The maximum atomic E-state index is 12.3. The second kappa shape index (κ2) is 6.84. The lowest BCUT2D eigenvalue weighted by Crippen LogP contribution is -2.15. The highest BCUT2D eigenvalue weighted by Gasteiger charge is 2.08. The fraction of sp³-hybridized carbons (Fsp3) is 0.211. The number of imidazole rings is 1. The van der Waals surface area contributed by atoms with E-state index < -0.39 is 0 Å². The maximum Gasteiger partial charge on any atom is 0.258 e. The molecule has 3 heterocycles. The van der Waals surface area contributed by atoms with E-state index in [4.69, 9.17) is 4.74 Å². The number of aryl methyl sites for hydroxylation is 1. The molecule has 0 atom stereocenters. The van der Waals surface area contributed by atoms with Gasteiger partial charge in [0.15, 0.2) is 5.16 Å². The molecule has 0 saturated heterocycles. The van der Waals surface area contributed by atoms with Gasteiger partial charge >= 0.3 is 0 Å². The summed E-state index contributed by atoms with van der Waals surface area (Å²) >= 11 is 1.52. The number of aromatic nitrogens is 4. The van der Waals surface area contributed by atoms with Crippen molar-refractivity contribution in [3.8, 4) is 5.75 Å². The fourth-order valence-electron chi connectivity index (χ4n) is 2.82. The molecule has 0 aliphatic carbocycles. The molecule has 0 bridgehead atoms. The Kier molecular flexibility index (Phi) is 4.38. The molecule has 7 heteroatoms. The molecule has 0 spiro atoms. The average Bonchev–Trinajstić information content (AvgIpc) is 3.03. The zero-order valence-corrected chi connectivity index (χ0v) is 15.3. The van der Waals surface area contributed by atoms with Gasteiger partial charge in [-0.3, -0.25) is 9.20 Å². The molecule has 26 heavy (non-hydrogen) atoms. The third kappa shape index (κ3) is 3.17. The van der Waals surface area contributed by atoms with Crippen LogP contribution in [0.15, 0.2) is 52.5 Å². The number of nitrogens with zero attached hydrogens (tertiary/aromatic N) is 3. The van der Waals surface area contributed by atoms with Crippen LogP contribution in [-0.4, -0.2) is 26.0 Å². The SMILES string of the molecule is CCOc1ccc2nc(SCc3cc(=O)n4cccc(C)c4n3)[nH]c2c1. The van der Waals surface area contributed by atoms with E-state index in [-0.39, 0.29) is 5.56 Å². The van der Waals surface area contributed by atoms with Crippen LogP contribution in [0.3, 0.4) is 0 Å². The summed E-state index contributed by atoms with van der Waals surface area (Å²) in [6.07, 6.45) is 1.74. The average molecular weight is 366 g/mol. The number of pyridine rings is 1. The van der Waals surface area contributed by atoms with Crippen molar-refractivity contribution in [2.45, 2.75) is 24.8 Å². The van der Waals surface area contributed by atoms with Crippen LogP contribution in [0.5, 0.6) is 5.75 Å². The van der Waals surface area contributed by atoms with Crippen LogP contribution in [0.1, 0.15) is 18.2 Å². The summed E-state index contributed by atoms with van der Waals surface area (Å²) in [5.41, 5.74) is 4.16. The number of fused-ring (bicyclic) bond motifs is 2. The van der Waals surface area contributed by atoms with Crippen molar-refractivity contribution in [1.29, 1.82) is 0 Å². The van der Waals surface area contributed by atoms with Gasteiger partial charge in [0.1, 0.15) is 11.4 Å². The molecule has 1 N–H and O–H groups in total. The molecule has 132 valence electrons. The molecule has 0 aliphatic heterocycles. The van der Waals surface area contributed by atoms with Crippen molar-refractivity contribution in [2.24, 2.45) is 0 Å². The monoisotopic (exact) mass is 366 g/mol. The van der Waals surface area contributed by atoms with Gasteiger partial charge in [-0.15, -0.1) is 0 Å². The van der Waals surface area contributed by atoms with E-state index >= 15 is 0 Å². The Labute approximate surface area is 154 Å². The number of hydrogen-bond donors (Lipinski definition) is 1. The molecule has 0 unspecified atom stereocenters. The molecule has 6 nitrogen and oxygen atoms in total. The van der Waals surface area contributed by atoms with Crippen LogP contribution in [0, 0.1) is 6.92 Å². The van der Waals surface area contributed by atoms with Crippen molar-refractivity contribution in [3.63, 3.8) is 0 Å². The van der Waals surface area contributed by atoms with Crippen LogP contribution in [0.25, 0.3) is 16.7 Å². The number of nitrogens with one attached hydrogen (secondary N) is 1. The maximum absolute atomic E-state index is 12.3. The van der Waals surface area contributed by atoms with Gasteiger partial charge in [0.2, 0.25) is 0 Å². The number of thioether (sulfide) groups is 1. The molecule has 3 aromatic heterocycles. The molecule has 1 aromatic carbocycles. The molecule has 0 saturated carbocycles. The number of hydrogen-bond acceptors (Lipinski definition) is 5. The first-order valence-electron chi connectivity index (χ1n) is 8.37. The zero-order chi connectivity index (χ0) is 18.1. The number of rotatable bonds is 5. The summed E-state index contributed by atoms with van der Waals surface area (Å²) in [6.45, 7) is 4.54. The molecular weight excluding hydrogens is 348 g/mol. The number of aromatic amines is 1. The summed E-state index contributed by atoms with van der Waals surface area (Å²) in [4.78, 5) is 24.8. The van der Waals surface area contributed by atoms with Gasteiger partial charge in [-0.2, -0.15) is 0 Å². The standard InChI is InChI=1S/C19H18N4O2S/c1-3-25-14-6-7-15-16(10-14)22-19(21-15)26-11-13-9-17(24)23-8-4-5-12(2)18(23)20-13/h4-10H,3,11H2,1-2H3,(H,21,22). The van der Waals surface area contributed by atoms with Gasteiger partial charge in [-0.05, 0) is 37.6 Å². The van der Waals surface area contributed by atoms with Gasteiger partial charge in [0.05, 0.1) is 23.3 Å². The lowest BCUT2D eigenvalue weighted by molar-refractivity contribution is 0.340. The third-order valence-electron chi connectivity index (χ3n) is 4.04. The second-order valence-corrected chi connectivity index (χ2v) is 6.88. The van der Waals surface area contributed by atoms with Gasteiger partial charge in [-0.25, -0.2) is 9.97 Å². The Morgan fingerprint density at radius 2 is 2.12 bits per heavy atom. The quantitative estimate of drug-likeness (QED) is 0.547. The topological polar surface area (TPSA) is 72.3 Å². The summed E-state index contributed by atoms with van der Waals surface area (Å²) in [5.74, 6) is 1.39. The highest BCUT2D eigenvalue weighted by molar-refractivity contribution is 7.98. The third-order valence-corrected chi connectivity index (χ3v) is 4.95. The van der Waals surface area contributed by atoms with Crippen molar-refractivity contribution in [3.05, 3.63) is 64.2 Å². The predicted octanol–water partition coefficient (Wildman–Crippen LogP) is 3.57. The van der Waals surface area contributed by atoms with Crippen molar-refractivity contribution in [1.82, 2.24) is 19.4 Å². The number of ether oxygens (including phenoxy) is 1. The van der Waals surface area contributed by atoms with Gasteiger partial charge in [0, 0.05) is 24.1 Å². The summed E-state index contributed by atoms with van der Waals surface area (Å²) in [6, 6.07) is 11.2. The highest BCUT2D eigenvalue weighted by atomic mass is 32.2. The smallest absolute Gasteiger partial charge is 0.258 e. The minimum atomic E-state index is -0.0692. The number of benzene rings is 1. The van der Waals surface area contributed by atoms with E-state index in [9.17, 15) is 4.79 Å². The van der Waals surface area contributed by atoms with Crippen LogP contribution in [0.2, 0.25) is 0 Å². The van der Waals surface area contributed by atoms with E-state index in [1.807, 2.05) is 44.2 Å². The van der Waals surface area contributed by atoms with Crippen molar-refractivity contribution >= 4 is 28.4 Å². The van der Waals surface area contributed by atoms with Crippen LogP contribution in [-0.2, 0) is 5.75 Å². The first-order chi connectivity index (χ1) is 12.6. The summed E-state index contributed by atoms with van der Waals surface area (Å²) in [5, 5.41) is 0.792. The molecule has 4 aromatic rings. The lowest BCUT2D eigenvalue weighted by Gasteiger charge is -2.05. The molecule has 0 radical (unpaired) electrons. The number of H-pyrrole nitrogens is 1. The highest BCUT2D eigenvalue weighted by Crippen LogP contribution is 2.25. The van der Waals surface area contributed by atoms with Gasteiger partial charge < -0.3 is 9.72 Å². The fourth-order valence-corrected chi connectivity index (χ4v) is 3.59. The predicted molar refractivity (Wildman–Crippen MR) is 103 cm³/mol. The molecule has 0 amide bonds. The Morgan fingerprint density at radius 1 is 1.23 bits per heavy atom. The molecule has 4 rings (SSSR count). The van der Waals surface area contributed by atoms with Crippen molar-refractivity contribution < 1.29 is 4.74 Å². The van der Waals surface area contributed by atoms with E-state index in [0.29, 0.717) is 18.0 Å². The van der Waals surface area contributed by atoms with E-state index in [0.717, 1.165) is 33.2 Å². The Balaban J connectivity index is 1.59. The minimum Gasteiger partial charge on any atom is -0.494 e. The minimum absolute atomic E-state index is 0.0692. The van der Waals surface area contributed by atoms with E-state index in [1.165, 1.54) is 11.8 Å². The Bertz CT molecular complexity index is 1150. The zero-order valence-electron chi connectivity index (χ0n) is 14.5. The molecular formula is C19H18N4O2S. The van der Waals surface area contributed by atoms with Gasteiger partial charge in [-0.1, -0.05) is 17.8 Å². The first-order valence-corrected chi connectivity index (χ1v) is 9.36. The van der Waals surface area contributed by atoms with E-state index in [2.05, 4.69) is 15.0 Å². The normalized spacial score (nSPS) is 11.3. The molecule has 0 fully saturated rings. The van der Waals surface area contributed by atoms with Crippen LogP contribution >= 0.6 is 11.8 Å². The Hall–Kier alpha value is -2.80.